The molecular weight excluding hydrogens is 264 g/mol. The Balaban J connectivity index is 2.68. The van der Waals surface area contributed by atoms with Gasteiger partial charge in [-0.15, -0.1) is 0 Å². The van der Waals surface area contributed by atoms with Gasteiger partial charge in [-0.3, -0.25) is 14.9 Å². The molecule has 0 radical (unpaired) electrons. The number of nitro benzene ring substituents is 1. The highest BCUT2D eigenvalue weighted by molar-refractivity contribution is 5.73. The van der Waals surface area contributed by atoms with E-state index in [0.29, 0.717) is 17.9 Å². The lowest BCUT2D eigenvalue weighted by Gasteiger charge is -2.16. The number of hydrogen-bond donors (Lipinski definition) is 2. The van der Waals surface area contributed by atoms with E-state index in [1.54, 1.807) is 6.92 Å². The van der Waals surface area contributed by atoms with Gasteiger partial charge in [0.25, 0.3) is 5.69 Å². The molecule has 0 amide bonds. The fraction of sp³-hybridized carbons (Fsp3) is 0.462. The van der Waals surface area contributed by atoms with Crippen molar-refractivity contribution in [3.8, 4) is 5.75 Å². The monoisotopic (exact) mass is 282 g/mol. The summed E-state index contributed by atoms with van der Waals surface area (Å²) in [6, 6.07) is 3.40. The number of hydrogen-bond acceptors (Lipinski definition) is 5. The van der Waals surface area contributed by atoms with Crippen LogP contribution in [-0.4, -0.2) is 35.2 Å². The van der Waals surface area contributed by atoms with Crippen LogP contribution < -0.4 is 10.1 Å². The smallest absolute Gasteiger partial charge is 0.324 e. The maximum atomic E-state index is 11.0. The molecule has 2 N–H and O–H groups in total. The minimum atomic E-state index is -0.988. The Kier molecular flexibility index (Phi) is 5.92. The van der Waals surface area contributed by atoms with E-state index in [9.17, 15) is 14.9 Å². The van der Waals surface area contributed by atoms with Crippen molar-refractivity contribution in [1.82, 2.24) is 5.32 Å². The predicted octanol–water partition coefficient (Wildman–Crippen LogP) is 1.73. The minimum Gasteiger partial charge on any atom is -0.491 e. The van der Waals surface area contributed by atoms with Crippen molar-refractivity contribution in [2.24, 2.45) is 0 Å². The highest BCUT2D eigenvalue weighted by Crippen LogP contribution is 2.23. The van der Waals surface area contributed by atoms with Gasteiger partial charge in [0.05, 0.1) is 4.92 Å². The molecule has 1 atom stereocenters. The molecule has 0 spiro atoms. The summed E-state index contributed by atoms with van der Waals surface area (Å²) < 4.78 is 5.43. The van der Waals surface area contributed by atoms with Crippen LogP contribution >= 0.6 is 0 Å². The molecule has 0 saturated heterocycles. The van der Waals surface area contributed by atoms with Crippen molar-refractivity contribution in [3.63, 3.8) is 0 Å². The largest absolute Gasteiger partial charge is 0.491 e. The number of ether oxygens (including phenoxy) is 1. The van der Waals surface area contributed by atoms with E-state index in [1.165, 1.54) is 18.2 Å². The third kappa shape index (κ3) is 4.51. The molecular formula is C13H18N2O5. The molecule has 0 aromatic heterocycles. The number of nitrogens with one attached hydrogen (secondary N) is 1. The molecule has 0 bridgehead atoms. The molecule has 1 aromatic rings. The Labute approximate surface area is 116 Å². The lowest BCUT2D eigenvalue weighted by atomic mass is 10.2. The third-order valence-electron chi connectivity index (χ3n) is 2.71. The lowest BCUT2D eigenvalue weighted by molar-refractivity contribution is -0.384. The molecule has 1 aromatic carbocycles. The number of aliphatic carboxylic acids is 1. The van der Waals surface area contributed by atoms with Gasteiger partial charge >= 0.3 is 5.97 Å². The first-order valence-corrected chi connectivity index (χ1v) is 6.29. The first-order valence-electron chi connectivity index (χ1n) is 6.29. The zero-order valence-corrected chi connectivity index (χ0v) is 11.5. The van der Waals surface area contributed by atoms with Crippen LogP contribution in [0.3, 0.4) is 0 Å². The Morgan fingerprint density at radius 2 is 2.25 bits per heavy atom. The first-order chi connectivity index (χ1) is 9.45. The minimum absolute atomic E-state index is 0.0197. The predicted molar refractivity (Wildman–Crippen MR) is 73.0 cm³/mol. The van der Waals surface area contributed by atoms with Gasteiger partial charge in [0.15, 0.2) is 0 Å². The molecule has 0 saturated carbocycles. The number of non-ortho nitro benzene ring substituents is 1. The molecule has 7 nitrogen and oxygen atoms in total. The highest BCUT2D eigenvalue weighted by atomic mass is 16.6. The SMILES string of the molecule is CCCNC(COc1ccc([N+](=O)[O-])cc1C)C(=O)O. The van der Waals surface area contributed by atoms with Crippen molar-refractivity contribution in [1.29, 1.82) is 0 Å². The van der Waals surface area contributed by atoms with E-state index in [-0.39, 0.29) is 12.3 Å². The molecule has 0 aliphatic heterocycles. The topological polar surface area (TPSA) is 102 Å². The maximum Gasteiger partial charge on any atom is 0.324 e. The van der Waals surface area contributed by atoms with Gasteiger partial charge in [-0.25, -0.2) is 0 Å². The van der Waals surface area contributed by atoms with E-state index in [1.807, 2.05) is 6.92 Å². The number of nitrogens with zero attached hydrogens (tertiary/aromatic N) is 1. The van der Waals surface area contributed by atoms with Crippen LogP contribution in [0.15, 0.2) is 18.2 Å². The van der Waals surface area contributed by atoms with Gasteiger partial charge in [0.1, 0.15) is 18.4 Å². The normalized spacial score (nSPS) is 11.9. The molecule has 110 valence electrons. The summed E-state index contributed by atoms with van der Waals surface area (Å²) in [6.45, 7) is 4.17. The standard InChI is InChI=1S/C13H18N2O5/c1-3-6-14-11(13(16)17)8-20-12-5-4-10(15(18)19)7-9(12)2/h4-5,7,11,14H,3,6,8H2,1-2H3,(H,16,17). The number of nitro groups is 1. The van der Waals surface area contributed by atoms with Gasteiger partial charge < -0.3 is 15.2 Å². The molecule has 0 fully saturated rings. The van der Waals surface area contributed by atoms with Crippen molar-refractivity contribution in [2.45, 2.75) is 26.3 Å². The molecule has 20 heavy (non-hydrogen) atoms. The summed E-state index contributed by atoms with van der Waals surface area (Å²) in [6.07, 6.45) is 0.820. The van der Waals surface area contributed by atoms with Gasteiger partial charge in [-0.2, -0.15) is 0 Å². The Morgan fingerprint density at radius 3 is 2.75 bits per heavy atom. The number of carboxylic acids is 1. The Bertz CT molecular complexity index is 490. The summed E-state index contributed by atoms with van der Waals surface area (Å²) >= 11 is 0. The highest BCUT2D eigenvalue weighted by Gasteiger charge is 2.18. The van der Waals surface area contributed by atoms with Crippen LogP contribution in [0.1, 0.15) is 18.9 Å². The second-order valence-electron chi connectivity index (χ2n) is 4.36. The molecule has 7 heteroatoms. The third-order valence-corrected chi connectivity index (χ3v) is 2.71. The van der Waals surface area contributed by atoms with Gasteiger partial charge in [-0.05, 0) is 31.5 Å². The number of carbonyl (C=O) groups is 1. The number of benzene rings is 1. The summed E-state index contributed by atoms with van der Waals surface area (Å²) in [7, 11) is 0. The molecule has 0 aliphatic carbocycles. The van der Waals surface area contributed by atoms with Crippen molar-refractivity contribution >= 4 is 11.7 Å². The van der Waals surface area contributed by atoms with Crippen LogP contribution in [0.4, 0.5) is 5.69 Å². The second kappa shape index (κ2) is 7.44. The molecule has 1 rings (SSSR count). The average Bonchev–Trinajstić information content (AvgIpc) is 2.39. The maximum absolute atomic E-state index is 11.0. The van der Waals surface area contributed by atoms with E-state index in [4.69, 9.17) is 9.84 Å². The fourth-order valence-electron chi connectivity index (χ4n) is 1.62. The summed E-state index contributed by atoms with van der Waals surface area (Å²) in [5.41, 5.74) is 0.576. The second-order valence-corrected chi connectivity index (χ2v) is 4.36. The summed E-state index contributed by atoms with van der Waals surface area (Å²) in [5, 5.41) is 22.5. The fourth-order valence-corrected chi connectivity index (χ4v) is 1.62. The van der Waals surface area contributed by atoms with E-state index in [2.05, 4.69) is 5.32 Å². The number of rotatable bonds is 8. The number of aryl methyl sites for hydroxylation is 1. The quantitative estimate of drug-likeness (QED) is 0.556. The molecule has 0 heterocycles. The van der Waals surface area contributed by atoms with Gasteiger partial charge in [0.2, 0.25) is 0 Å². The Morgan fingerprint density at radius 1 is 1.55 bits per heavy atom. The zero-order chi connectivity index (χ0) is 15.1. The summed E-state index contributed by atoms with van der Waals surface area (Å²) in [5.74, 6) is -0.543. The summed E-state index contributed by atoms with van der Waals surface area (Å²) in [4.78, 5) is 21.2. The molecule has 1 unspecified atom stereocenters. The van der Waals surface area contributed by atoms with Gasteiger partial charge in [-0.1, -0.05) is 6.92 Å². The Hall–Kier alpha value is -2.15. The molecule has 0 aliphatic rings. The van der Waals surface area contributed by atoms with Crippen LogP contribution in [0, 0.1) is 17.0 Å². The van der Waals surface area contributed by atoms with Crippen molar-refractivity contribution in [3.05, 3.63) is 33.9 Å². The van der Waals surface area contributed by atoms with Crippen molar-refractivity contribution < 1.29 is 19.6 Å². The first kappa shape index (κ1) is 15.9. The van der Waals surface area contributed by atoms with E-state index < -0.39 is 16.9 Å². The van der Waals surface area contributed by atoms with Crippen LogP contribution in [0.25, 0.3) is 0 Å². The van der Waals surface area contributed by atoms with E-state index >= 15 is 0 Å². The van der Waals surface area contributed by atoms with Crippen LogP contribution in [0.5, 0.6) is 5.75 Å². The van der Waals surface area contributed by atoms with Crippen LogP contribution in [0.2, 0.25) is 0 Å². The van der Waals surface area contributed by atoms with E-state index in [0.717, 1.165) is 6.42 Å². The zero-order valence-electron chi connectivity index (χ0n) is 11.5. The van der Waals surface area contributed by atoms with Gasteiger partial charge in [0, 0.05) is 12.1 Å². The number of carboxylic acid groups (broad SMARTS) is 1. The van der Waals surface area contributed by atoms with Crippen molar-refractivity contribution in [2.75, 3.05) is 13.2 Å². The lowest BCUT2D eigenvalue weighted by Crippen LogP contribution is -2.41. The average molecular weight is 282 g/mol. The van der Waals surface area contributed by atoms with Crippen LogP contribution in [-0.2, 0) is 4.79 Å².